The minimum Gasteiger partial charge on any atom is -0.453 e. The number of piperidine rings is 1. The maximum Gasteiger partial charge on any atom is 0.406 e. The first-order chi connectivity index (χ1) is 11.9. The van der Waals surface area contributed by atoms with Gasteiger partial charge >= 0.3 is 6.09 Å². The molecule has 136 valence electrons. The summed E-state index contributed by atoms with van der Waals surface area (Å²) < 4.78 is 4.58. The molecule has 3 unspecified atom stereocenters. The number of ether oxygens (including phenoxy) is 1. The summed E-state index contributed by atoms with van der Waals surface area (Å²) in [7, 11) is 1.32. The fourth-order valence-electron chi connectivity index (χ4n) is 3.94. The molecule has 6 heteroatoms. The number of likely N-dealkylation sites (tertiary alicyclic amines) is 1. The molecule has 1 heterocycles. The minimum absolute atomic E-state index is 0.0705. The van der Waals surface area contributed by atoms with Crippen molar-refractivity contribution in [3.8, 4) is 0 Å². The van der Waals surface area contributed by atoms with Gasteiger partial charge in [-0.15, -0.1) is 0 Å². The standard InChI is InChI=1S/C19H25ClN2O3/c1-4-13(9-21-18(24)25-3)17(23)22-10-15-8-19(15,11-22)14-6-5-12(2)16(20)7-14/h5-7,13,15H,4,8-11H2,1-3H3,(H,21,24). The zero-order chi connectivity index (χ0) is 18.2. The van der Waals surface area contributed by atoms with Crippen molar-refractivity contribution in [2.75, 3.05) is 26.7 Å². The second-order valence-electron chi connectivity index (χ2n) is 7.22. The van der Waals surface area contributed by atoms with Gasteiger partial charge in [-0.25, -0.2) is 4.79 Å². The summed E-state index contributed by atoms with van der Waals surface area (Å²) in [4.78, 5) is 26.1. The molecule has 1 saturated heterocycles. The van der Waals surface area contributed by atoms with E-state index in [2.05, 4.69) is 28.3 Å². The molecule has 1 aromatic rings. The number of carbonyl (C=O) groups excluding carboxylic acids is 2. The highest BCUT2D eigenvalue weighted by Crippen LogP contribution is 2.59. The first-order valence-corrected chi connectivity index (χ1v) is 9.16. The van der Waals surface area contributed by atoms with Crippen LogP contribution in [-0.2, 0) is 14.9 Å². The number of hydrogen-bond donors (Lipinski definition) is 1. The summed E-state index contributed by atoms with van der Waals surface area (Å²) in [5.41, 5.74) is 2.38. The lowest BCUT2D eigenvalue weighted by atomic mass is 9.94. The number of carbonyl (C=O) groups is 2. The topological polar surface area (TPSA) is 58.6 Å². The normalized spacial score (nSPS) is 25.3. The lowest BCUT2D eigenvalue weighted by molar-refractivity contribution is -0.135. The van der Waals surface area contributed by atoms with Crippen LogP contribution in [0.5, 0.6) is 0 Å². The van der Waals surface area contributed by atoms with Crippen molar-refractivity contribution in [1.29, 1.82) is 0 Å². The van der Waals surface area contributed by atoms with E-state index in [1.807, 2.05) is 18.7 Å². The lowest BCUT2D eigenvalue weighted by Gasteiger charge is -2.26. The quantitative estimate of drug-likeness (QED) is 0.873. The van der Waals surface area contributed by atoms with Crippen molar-refractivity contribution >= 4 is 23.6 Å². The van der Waals surface area contributed by atoms with Gasteiger partial charge in [-0.2, -0.15) is 0 Å². The van der Waals surface area contributed by atoms with E-state index in [1.165, 1.54) is 12.7 Å². The molecular weight excluding hydrogens is 340 g/mol. The third-order valence-electron chi connectivity index (χ3n) is 5.72. The number of methoxy groups -OCH3 is 1. The number of fused-ring (bicyclic) bond motifs is 1. The first kappa shape index (κ1) is 18.1. The van der Waals surface area contributed by atoms with Gasteiger partial charge < -0.3 is 15.0 Å². The van der Waals surface area contributed by atoms with Crippen LogP contribution in [-0.4, -0.2) is 43.6 Å². The third kappa shape index (κ3) is 3.34. The zero-order valence-electron chi connectivity index (χ0n) is 15.0. The van der Waals surface area contributed by atoms with E-state index in [0.29, 0.717) is 18.9 Å². The van der Waals surface area contributed by atoms with Gasteiger partial charge in [0, 0.05) is 30.1 Å². The molecule has 5 nitrogen and oxygen atoms in total. The average molecular weight is 365 g/mol. The monoisotopic (exact) mass is 364 g/mol. The van der Waals surface area contributed by atoms with Crippen molar-refractivity contribution in [3.05, 3.63) is 34.3 Å². The SMILES string of the molecule is CCC(CNC(=O)OC)C(=O)N1CC2CC2(c2ccc(C)c(Cl)c2)C1. The molecule has 25 heavy (non-hydrogen) atoms. The summed E-state index contributed by atoms with van der Waals surface area (Å²) in [6.07, 6.45) is 1.31. The number of benzene rings is 1. The van der Waals surface area contributed by atoms with Crippen molar-refractivity contribution in [2.24, 2.45) is 11.8 Å². The maximum atomic E-state index is 12.8. The van der Waals surface area contributed by atoms with E-state index in [4.69, 9.17) is 11.6 Å². The molecule has 3 atom stereocenters. The van der Waals surface area contributed by atoms with Gasteiger partial charge in [-0.1, -0.05) is 30.7 Å². The highest BCUT2D eigenvalue weighted by atomic mass is 35.5. The van der Waals surface area contributed by atoms with Crippen molar-refractivity contribution < 1.29 is 14.3 Å². The largest absolute Gasteiger partial charge is 0.453 e. The summed E-state index contributed by atoms with van der Waals surface area (Å²) >= 11 is 6.30. The van der Waals surface area contributed by atoms with Crippen LogP contribution in [0.3, 0.4) is 0 Å². The average Bonchev–Trinajstić information content (AvgIpc) is 3.18. The summed E-state index contributed by atoms with van der Waals surface area (Å²) in [6, 6.07) is 6.26. The summed E-state index contributed by atoms with van der Waals surface area (Å²) in [5.74, 6) is 0.417. The maximum absolute atomic E-state index is 12.8. The predicted octanol–water partition coefficient (Wildman–Crippen LogP) is 3.13. The van der Waals surface area contributed by atoms with Crippen LogP contribution in [0.4, 0.5) is 4.79 Å². The Hall–Kier alpha value is -1.75. The highest BCUT2D eigenvalue weighted by molar-refractivity contribution is 6.31. The Morgan fingerprint density at radius 3 is 2.88 bits per heavy atom. The molecule has 1 aliphatic heterocycles. The molecule has 2 aliphatic rings. The van der Waals surface area contributed by atoms with E-state index < -0.39 is 6.09 Å². The van der Waals surface area contributed by atoms with Crippen LogP contribution in [0.2, 0.25) is 5.02 Å². The molecule has 0 aromatic heterocycles. The summed E-state index contributed by atoms with van der Waals surface area (Å²) in [5, 5.41) is 3.43. The zero-order valence-corrected chi connectivity index (χ0v) is 15.7. The van der Waals surface area contributed by atoms with Gasteiger partial charge in [-0.3, -0.25) is 4.79 Å². The third-order valence-corrected chi connectivity index (χ3v) is 6.13. The van der Waals surface area contributed by atoms with Gasteiger partial charge in [0.05, 0.1) is 13.0 Å². The van der Waals surface area contributed by atoms with Gasteiger partial charge in [0.2, 0.25) is 5.91 Å². The van der Waals surface area contributed by atoms with Crippen LogP contribution in [0.1, 0.15) is 30.9 Å². The van der Waals surface area contributed by atoms with Crippen LogP contribution >= 0.6 is 11.6 Å². The Morgan fingerprint density at radius 2 is 2.24 bits per heavy atom. The van der Waals surface area contributed by atoms with Crippen LogP contribution in [0.25, 0.3) is 0 Å². The predicted molar refractivity (Wildman–Crippen MR) is 96.7 cm³/mol. The lowest BCUT2D eigenvalue weighted by Crippen LogP contribution is -2.42. The van der Waals surface area contributed by atoms with Gasteiger partial charge in [0.1, 0.15) is 0 Å². The number of aryl methyl sites for hydroxylation is 1. The number of halogens is 1. The number of nitrogens with one attached hydrogen (secondary N) is 1. The van der Waals surface area contributed by atoms with Gasteiger partial charge in [0.15, 0.2) is 0 Å². The van der Waals surface area contributed by atoms with Gasteiger partial charge in [0.25, 0.3) is 0 Å². The minimum atomic E-state index is -0.499. The number of hydrogen-bond acceptors (Lipinski definition) is 3. The van der Waals surface area contributed by atoms with E-state index >= 15 is 0 Å². The fraction of sp³-hybridized carbons (Fsp3) is 0.579. The van der Waals surface area contributed by atoms with E-state index in [-0.39, 0.29) is 17.2 Å². The van der Waals surface area contributed by atoms with Crippen molar-refractivity contribution in [3.63, 3.8) is 0 Å². The van der Waals surface area contributed by atoms with E-state index in [9.17, 15) is 9.59 Å². The molecular formula is C19H25ClN2O3. The smallest absolute Gasteiger partial charge is 0.406 e. The Kier molecular flexibility index (Phi) is 4.96. The van der Waals surface area contributed by atoms with Crippen LogP contribution in [0.15, 0.2) is 18.2 Å². The Labute approximate surface area is 153 Å². The second kappa shape index (κ2) is 6.87. The number of alkyl carbamates (subject to hydrolysis) is 1. The van der Waals surface area contributed by atoms with E-state index in [1.54, 1.807) is 0 Å². The Morgan fingerprint density at radius 1 is 1.48 bits per heavy atom. The molecule has 1 saturated carbocycles. The molecule has 1 aliphatic carbocycles. The van der Waals surface area contributed by atoms with E-state index in [0.717, 1.165) is 30.1 Å². The van der Waals surface area contributed by atoms with Crippen LogP contribution in [0, 0.1) is 18.8 Å². The molecule has 0 radical (unpaired) electrons. The molecule has 1 N–H and O–H groups in total. The number of amides is 2. The first-order valence-electron chi connectivity index (χ1n) is 8.78. The van der Waals surface area contributed by atoms with Crippen molar-refractivity contribution in [2.45, 2.75) is 32.1 Å². The fourth-order valence-corrected chi connectivity index (χ4v) is 4.12. The molecule has 2 amide bonds. The Balaban J connectivity index is 1.67. The molecule has 0 spiro atoms. The number of nitrogens with zero attached hydrogens (tertiary/aromatic N) is 1. The van der Waals surface area contributed by atoms with Gasteiger partial charge in [-0.05, 0) is 42.9 Å². The molecule has 2 fully saturated rings. The molecule has 3 rings (SSSR count). The summed E-state index contributed by atoms with van der Waals surface area (Å²) in [6.45, 7) is 5.81. The number of rotatable bonds is 5. The second-order valence-corrected chi connectivity index (χ2v) is 7.62. The Bertz CT molecular complexity index is 693. The molecule has 0 bridgehead atoms. The highest BCUT2D eigenvalue weighted by Gasteiger charge is 2.61. The van der Waals surface area contributed by atoms with Crippen molar-refractivity contribution in [1.82, 2.24) is 10.2 Å². The molecule has 1 aromatic carbocycles. The van der Waals surface area contributed by atoms with Crippen LogP contribution < -0.4 is 5.32 Å².